The maximum absolute atomic E-state index is 12.6. The molecule has 1 aliphatic rings. The van der Waals surface area contributed by atoms with E-state index in [9.17, 15) is 9.59 Å². The number of fused-ring (bicyclic) bond motifs is 1. The summed E-state index contributed by atoms with van der Waals surface area (Å²) >= 11 is 1.38. The SMILES string of the molecule is C[C@@H]1CN(C(=O)c2cnc3sccn3c2=O)C[C@@H]1N(C)C. The predicted molar refractivity (Wildman–Crippen MR) is 81.9 cm³/mol. The van der Waals surface area contributed by atoms with Crippen LogP contribution in [0, 0.1) is 5.92 Å². The summed E-state index contributed by atoms with van der Waals surface area (Å²) in [7, 11) is 4.03. The second-order valence-corrected chi connectivity index (χ2v) is 6.62. The molecule has 0 radical (unpaired) electrons. The van der Waals surface area contributed by atoms with Gasteiger partial charge in [0.25, 0.3) is 11.5 Å². The van der Waals surface area contributed by atoms with Crippen molar-refractivity contribution < 1.29 is 4.79 Å². The van der Waals surface area contributed by atoms with Gasteiger partial charge in [0.05, 0.1) is 0 Å². The van der Waals surface area contributed by atoms with Crippen LogP contribution in [0.2, 0.25) is 0 Å². The highest BCUT2D eigenvalue weighted by Crippen LogP contribution is 2.21. The molecule has 3 rings (SSSR count). The Bertz CT molecular complexity index is 736. The van der Waals surface area contributed by atoms with Crippen molar-refractivity contribution in [2.45, 2.75) is 13.0 Å². The highest BCUT2D eigenvalue weighted by molar-refractivity contribution is 7.15. The molecule has 0 aliphatic carbocycles. The average Bonchev–Trinajstić information content (AvgIpc) is 3.05. The number of amides is 1. The Morgan fingerprint density at radius 3 is 2.86 bits per heavy atom. The minimum absolute atomic E-state index is 0.150. The van der Waals surface area contributed by atoms with Gasteiger partial charge in [0.15, 0.2) is 4.96 Å². The maximum Gasteiger partial charge on any atom is 0.271 e. The topological polar surface area (TPSA) is 57.9 Å². The van der Waals surface area contributed by atoms with Crippen LogP contribution in [0.1, 0.15) is 17.3 Å². The summed E-state index contributed by atoms with van der Waals surface area (Å²) in [6.07, 6.45) is 3.06. The summed E-state index contributed by atoms with van der Waals surface area (Å²) in [5.74, 6) is 0.175. The number of thiazole rings is 1. The fourth-order valence-electron chi connectivity index (χ4n) is 2.93. The lowest BCUT2D eigenvalue weighted by molar-refractivity contribution is 0.0779. The van der Waals surface area contributed by atoms with Gasteiger partial charge in [-0.15, -0.1) is 11.3 Å². The number of nitrogens with zero attached hydrogens (tertiary/aromatic N) is 4. The van der Waals surface area contributed by atoms with Crippen molar-refractivity contribution in [3.63, 3.8) is 0 Å². The Labute approximate surface area is 126 Å². The van der Waals surface area contributed by atoms with Crippen molar-refractivity contribution in [1.82, 2.24) is 19.2 Å². The molecular formula is C14H18N4O2S. The molecule has 21 heavy (non-hydrogen) atoms. The molecule has 2 aromatic rings. The quantitative estimate of drug-likeness (QED) is 0.823. The third kappa shape index (κ3) is 2.36. The first-order valence-electron chi connectivity index (χ1n) is 6.89. The van der Waals surface area contributed by atoms with Crippen LogP contribution in [0.15, 0.2) is 22.6 Å². The van der Waals surface area contributed by atoms with Crippen molar-refractivity contribution in [1.29, 1.82) is 0 Å². The van der Waals surface area contributed by atoms with E-state index in [1.807, 2.05) is 14.1 Å². The highest BCUT2D eigenvalue weighted by Gasteiger charge is 2.34. The zero-order valence-corrected chi connectivity index (χ0v) is 13.1. The number of hydrogen-bond donors (Lipinski definition) is 0. The summed E-state index contributed by atoms with van der Waals surface area (Å²) in [6, 6.07) is 0.328. The molecule has 112 valence electrons. The Morgan fingerprint density at radius 1 is 1.43 bits per heavy atom. The van der Waals surface area contributed by atoms with E-state index in [0.29, 0.717) is 30.0 Å². The first kappa shape index (κ1) is 14.2. The van der Waals surface area contributed by atoms with Crippen molar-refractivity contribution >= 4 is 22.2 Å². The van der Waals surface area contributed by atoms with Gasteiger partial charge in [-0.05, 0) is 20.0 Å². The lowest BCUT2D eigenvalue weighted by Crippen LogP contribution is -2.37. The van der Waals surface area contributed by atoms with E-state index in [0.717, 1.165) is 0 Å². The number of aromatic nitrogens is 2. The summed E-state index contributed by atoms with van der Waals surface area (Å²) in [5, 5.41) is 1.79. The number of likely N-dealkylation sites (tertiary alicyclic amines) is 1. The van der Waals surface area contributed by atoms with Crippen LogP contribution in [-0.2, 0) is 0 Å². The minimum Gasteiger partial charge on any atom is -0.337 e. The Balaban J connectivity index is 1.91. The molecule has 1 amide bonds. The number of likely N-dealkylation sites (N-methyl/N-ethyl adjacent to an activating group) is 1. The maximum atomic E-state index is 12.6. The van der Waals surface area contributed by atoms with Gasteiger partial charge in [0.1, 0.15) is 5.56 Å². The van der Waals surface area contributed by atoms with E-state index < -0.39 is 0 Å². The van der Waals surface area contributed by atoms with E-state index in [1.54, 1.807) is 16.5 Å². The van der Waals surface area contributed by atoms with Gasteiger partial charge in [0, 0.05) is 36.9 Å². The van der Waals surface area contributed by atoms with Gasteiger partial charge in [-0.25, -0.2) is 4.98 Å². The second kappa shape index (κ2) is 5.23. The molecule has 1 saturated heterocycles. The first-order valence-corrected chi connectivity index (χ1v) is 7.77. The van der Waals surface area contributed by atoms with Crippen LogP contribution in [0.5, 0.6) is 0 Å². The zero-order valence-electron chi connectivity index (χ0n) is 12.3. The molecule has 0 spiro atoms. The van der Waals surface area contributed by atoms with Crippen LogP contribution < -0.4 is 5.56 Å². The Hall–Kier alpha value is -1.73. The van der Waals surface area contributed by atoms with E-state index in [2.05, 4.69) is 16.8 Å². The van der Waals surface area contributed by atoms with Gasteiger partial charge in [-0.1, -0.05) is 6.92 Å². The number of hydrogen-bond acceptors (Lipinski definition) is 5. The predicted octanol–water partition coefficient (Wildman–Crippen LogP) is 0.778. The third-order valence-electron chi connectivity index (χ3n) is 4.10. The van der Waals surface area contributed by atoms with E-state index in [-0.39, 0.29) is 17.0 Å². The standard InChI is InChI=1S/C14H18N4O2S/c1-9-7-17(8-11(9)16(2)3)12(19)10-6-15-14-18(13(10)20)4-5-21-14/h4-6,9,11H,7-8H2,1-3H3/t9-,11+/m1/s1. The fourth-order valence-corrected chi connectivity index (χ4v) is 3.60. The molecule has 0 aromatic carbocycles. The van der Waals surface area contributed by atoms with E-state index in [4.69, 9.17) is 0 Å². The van der Waals surface area contributed by atoms with E-state index >= 15 is 0 Å². The number of rotatable bonds is 2. The summed E-state index contributed by atoms with van der Waals surface area (Å²) in [4.78, 5) is 33.6. The Kier molecular flexibility index (Phi) is 3.54. The van der Waals surface area contributed by atoms with Gasteiger partial charge in [0.2, 0.25) is 0 Å². The van der Waals surface area contributed by atoms with Crippen molar-refractivity contribution in [2.24, 2.45) is 5.92 Å². The van der Waals surface area contributed by atoms with Gasteiger partial charge in [-0.3, -0.25) is 14.0 Å². The molecule has 0 unspecified atom stereocenters. The lowest BCUT2D eigenvalue weighted by Gasteiger charge is -2.22. The van der Waals surface area contributed by atoms with Crippen LogP contribution in [0.4, 0.5) is 0 Å². The van der Waals surface area contributed by atoms with Gasteiger partial charge >= 0.3 is 0 Å². The molecule has 0 N–H and O–H groups in total. The van der Waals surface area contributed by atoms with Crippen LogP contribution in [-0.4, -0.2) is 58.3 Å². The smallest absolute Gasteiger partial charge is 0.271 e. The molecule has 3 heterocycles. The fraction of sp³-hybridized carbons (Fsp3) is 0.500. The zero-order chi connectivity index (χ0) is 15.1. The molecule has 0 bridgehead atoms. The molecule has 1 aliphatic heterocycles. The van der Waals surface area contributed by atoms with Crippen LogP contribution >= 0.6 is 11.3 Å². The second-order valence-electron chi connectivity index (χ2n) is 5.75. The summed E-state index contributed by atoms with van der Waals surface area (Å²) < 4.78 is 1.43. The summed E-state index contributed by atoms with van der Waals surface area (Å²) in [6.45, 7) is 3.46. The normalized spacial score (nSPS) is 22.4. The molecule has 1 fully saturated rings. The molecule has 2 aromatic heterocycles. The van der Waals surface area contributed by atoms with E-state index in [1.165, 1.54) is 21.9 Å². The lowest BCUT2D eigenvalue weighted by atomic mass is 10.1. The molecule has 7 heteroatoms. The first-order chi connectivity index (χ1) is 9.99. The largest absolute Gasteiger partial charge is 0.337 e. The van der Waals surface area contributed by atoms with Crippen molar-refractivity contribution in [3.05, 3.63) is 33.7 Å². The van der Waals surface area contributed by atoms with Crippen LogP contribution in [0.3, 0.4) is 0 Å². The Morgan fingerprint density at radius 2 is 2.19 bits per heavy atom. The summed E-state index contributed by atoms with van der Waals surface area (Å²) in [5.41, 5.74) is -0.135. The van der Waals surface area contributed by atoms with Crippen molar-refractivity contribution in [3.8, 4) is 0 Å². The highest BCUT2D eigenvalue weighted by atomic mass is 32.1. The average molecular weight is 306 g/mol. The third-order valence-corrected chi connectivity index (χ3v) is 4.87. The number of carbonyl (C=O) groups is 1. The molecule has 0 saturated carbocycles. The molecule has 6 nitrogen and oxygen atoms in total. The van der Waals surface area contributed by atoms with Crippen molar-refractivity contribution in [2.75, 3.05) is 27.2 Å². The monoisotopic (exact) mass is 306 g/mol. The number of carbonyl (C=O) groups excluding carboxylic acids is 1. The minimum atomic E-state index is -0.285. The van der Waals surface area contributed by atoms with Crippen LogP contribution in [0.25, 0.3) is 4.96 Å². The molecule has 2 atom stereocenters. The van der Waals surface area contributed by atoms with Gasteiger partial charge < -0.3 is 9.80 Å². The molecular weight excluding hydrogens is 288 g/mol. The van der Waals surface area contributed by atoms with Gasteiger partial charge in [-0.2, -0.15) is 0 Å².